The van der Waals surface area contributed by atoms with E-state index in [0.717, 1.165) is 5.56 Å². The fourth-order valence-corrected chi connectivity index (χ4v) is 4.59. The maximum Gasteiger partial charge on any atom is 0.243 e. The molecule has 1 saturated heterocycles. The fraction of sp³-hybridized carbons (Fsp3) is 0.300. The SMILES string of the molecule is N#C[C@H](CC(=O)N1CCN(S(=O)(=O)c2ccccc2)CC1)c1ccccc1. The molecule has 0 aliphatic carbocycles. The normalized spacial score (nSPS) is 16.5. The number of benzene rings is 2. The van der Waals surface area contributed by atoms with Crippen molar-refractivity contribution in [1.29, 1.82) is 5.26 Å². The summed E-state index contributed by atoms with van der Waals surface area (Å²) >= 11 is 0. The van der Waals surface area contributed by atoms with Crippen molar-refractivity contribution in [3.63, 3.8) is 0 Å². The molecule has 2 aromatic rings. The van der Waals surface area contributed by atoms with E-state index in [1.165, 1.54) is 4.31 Å². The summed E-state index contributed by atoms with van der Waals surface area (Å²) in [5.41, 5.74) is 0.818. The lowest BCUT2D eigenvalue weighted by Gasteiger charge is -2.34. The highest BCUT2D eigenvalue weighted by molar-refractivity contribution is 7.89. The Morgan fingerprint density at radius 2 is 1.52 bits per heavy atom. The molecule has 7 heteroatoms. The van der Waals surface area contributed by atoms with Gasteiger partial charge in [0.2, 0.25) is 15.9 Å². The summed E-state index contributed by atoms with van der Waals surface area (Å²) in [6.07, 6.45) is 0.103. The minimum atomic E-state index is -3.54. The average Bonchev–Trinajstić information content (AvgIpc) is 2.73. The van der Waals surface area contributed by atoms with Gasteiger partial charge in [0.05, 0.1) is 16.9 Å². The molecule has 27 heavy (non-hydrogen) atoms. The van der Waals surface area contributed by atoms with Gasteiger partial charge in [-0.25, -0.2) is 8.42 Å². The van der Waals surface area contributed by atoms with Gasteiger partial charge in [0.15, 0.2) is 0 Å². The van der Waals surface area contributed by atoms with Gasteiger partial charge in [-0.3, -0.25) is 4.79 Å². The van der Waals surface area contributed by atoms with Crippen LogP contribution in [0.1, 0.15) is 17.9 Å². The summed E-state index contributed by atoms with van der Waals surface area (Å²) in [6, 6.07) is 19.7. The molecule has 3 rings (SSSR count). The van der Waals surface area contributed by atoms with Crippen LogP contribution in [0.5, 0.6) is 0 Å². The summed E-state index contributed by atoms with van der Waals surface area (Å²) in [7, 11) is -3.54. The zero-order chi connectivity index (χ0) is 19.3. The quantitative estimate of drug-likeness (QED) is 0.793. The van der Waals surface area contributed by atoms with Crippen molar-refractivity contribution in [1.82, 2.24) is 9.21 Å². The topological polar surface area (TPSA) is 81.5 Å². The fourth-order valence-electron chi connectivity index (χ4n) is 3.15. The van der Waals surface area contributed by atoms with Crippen molar-refractivity contribution in [2.45, 2.75) is 17.2 Å². The van der Waals surface area contributed by atoms with Crippen molar-refractivity contribution >= 4 is 15.9 Å². The van der Waals surface area contributed by atoms with E-state index in [9.17, 15) is 18.5 Å². The lowest BCUT2D eigenvalue weighted by Crippen LogP contribution is -2.50. The minimum absolute atomic E-state index is 0.103. The first kappa shape index (κ1) is 19.1. The van der Waals surface area contributed by atoms with Gasteiger partial charge in [0, 0.05) is 32.6 Å². The molecule has 0 aromatic heterocycles. The molecule has 140 valence electrons. The number of carbonyl (C=O) groups is 1. The number of piperazine rings is 1. The predicted octanol–water partition coefficient (Wildman–Crippen LogP) is 2.22. The smallest absolute Gasteiger partial charge is 0.243 e. The second-order valence-electron chi connectivity index (χ2n) is 6.39. The first-order valence-corrected chi connectivity index (χ1v) is 10.2. The van der Waals surface area contributed by atoms with Crippen LogP contribution in [0.2, 0.25) is 0 Å². The largest absolute Gasteiger partial charge is 0.340 e. The van der Waals surface area contributed by atoms with Crippen LogP contribution in [0, 0.1) is 11.3 Å². The molecule has 1 aliphatic rings. The molecular weight excluding hydrogens is 362 g/mol. The Balaban J connectivity index is 1.60. The van der Waals surface area contributed by atoms with E-state index in [0.29, 0.717) is 13.1 Å². The molecule has 2 aromatic carbocycles. The van der Waals surface area contributed by atoms with Gasteiger partial charge in [-0.2, -0.15) is 9.57 Å². The molecule has 1 amide bonds. The van der Waals surface area contributed by atoms with E-state index in [4.69, 9.17) is 0 Å². The van der Waals surface area contributed by atoms with Crippen LogP contribution >= 0.6 is 0 Å². The van der Waals surface area contributed by atoms with Gasteiger partial charge < -0.3 is 4.90 Å². The number of nitriles is 1. The summed E-state index contributed by atoms with van der Waals surface area (Å²) < 4.78 is 26.7. The third kappa shape index (κ3) is 4.35. The zero-order valence-electron chi connectivity index (χ0n) is 14.9. The van der Waals surface area contributed by atoms with Crippen molar-refractivity contribution in [3.05, 3.63) is 66.2 Å². The summed E-state index contributed by atoms with van der Waals surface area (Å²) in [5, 5.41) is 9.39. The number of hydrogen-bond donors (Lipinski definition) is 0. The molecule has 6 nitrogen and oxygen atoms in total. The van der Waals surface area contributed by atoms with Crippen molar-refractivity contribution in [2.75, 3.05) is 26.2 Å². The Kier molecular flexibility index (Phi) is 5.89. The highest BCUT2D eigenvalue weighted by Crippen LogP contribution is 2.21. The number of amides is 1. The van der Waals surface area contributed by atoms with Gasteiger partial charge in [0.25, 0.3) is 0 Å². The summed E-state index contributed by atoms with van der Waals surface area (Å²) in [6.45, 7) is 1.17. The van der Waals surface area contributed by atoms with Crippen molar-refractivity contribution < 1.29 is 13.2 Å². The highest BCUT2D eigenvalue weighted by atomic mass is 32.2. The van der Waals surface area contributed by atoms with E-state index >= 15 is 0 Å². The molecule has 1 heterocycles. The Labute approximate surface area is 159 Å². The van der Waals surface area contributed by atoms with Gasteiger partial charge in [-0.05, 0) is 17.7 Å². The van der Waals surface area contributed by atoms with Crippen molar-refractivity contribution in [2.24, 2.45) is 0 Å². The highest BCUT2D eigenvalue weighted by Gasteiger charge is 2.30. The van der Waals surface area contributed by atoms with Crippen LogP contribution in [-0.2, 0) is 14.8 Å². The lowest BCUT2D eigenvalue weighted by atomic mass is 9.96. The number of hydrogen-bond acceptors (Lipinski definition) is 4. The summed E-state index contributed by atoms with van der Waals surface area (Å²) in [5.74, 6) is -0.619. The standard InChI is InChI=1S/C20H21N3O3S/c21-16-18(17-7-3-1-4-8-17)15-20(24)22-11-13-23(14-12-22)27(25,26)19-9-5-2-6-10-19/h1-10,18H,11-15H2/t18-/m0/s1. The first-order valence-electron chi connectivity index (χ1n) is 8.80. The maximum atomic E-state index is 12.7. The number of sulfonamides is 1. The molecule has 0 unspecified atom stereocenters. The molecule has 0 radical (unpaired) electrons. The van der Waals surface area contributed by atoms with E-state index in [1.54, 1.807) is 35.2 Å². The third-order valence-corrected chi connectivity index (χ3v) is 6.62. The van der Waals surface area contributed by atoms with Crippen LogP contribution in [0.4, 0.5) is 0 Å². The molecule has 1 fully saturated rings. The monoisotopic (exact) mass is 383 g/mol. The van der Waals surface area contributed by atoms with E-state index in [2.05, 4.69) is 6.07 Å². The predicted molar refractivity (Wildman–Crippen MR) is 101 cm³/mol. The molecule has 0 bridgehead atoms. The maximum absolute atomic E-state index is 12.7. The van der Waals surface area contributed by atoms with Crippen LogP contribution in [0.3, 0.4) is 0 Å². The molecule has 0 saturated carbocycles. The van der Waals surface area contributed by atoms with Crippen LogP contribution in [0.15, 0.2) is 65.6 Å². The Morgan fingerprint density at radius 1 is 0.963 bits per heavy atom. The van der Waals surface area contributed by atoms with E-state index < -0.39 is 15.9 Å². The van der Waals surface area contributed by atoms with Crippen LogP contribution < -0.4 is 0 Å². The van der Waals surface area contributed by atoms with Crippen molar-refractivity contribution in [3.8, 4) is 6.07 Å². The Bertz CT molecular complexity index is 916. The van der Waals surface area contributed by atoms with Gasteiger partial charge in [-0.15, -0.1) is 0 Å². The third-order valence-electron chi connectivity index (χ3n) is 4.71. The number of carbonyl (C=O) groups excluding carboxylic acids is 1. The second-order valence-corrected chi connectivity index (χ2v) is 8.33. The second kappa shape index (κ2) is 8.33. The molecule has 1 aliphatic heterocycles. The van der Waals surface area contributed by atoms with E-state index in [-0.39, 0.29) is 30.3 Å². The lowest BCUT2D eigenvalue weighted by molar-refractivity contribution is -0.132. The Morgan fingerprint density at radius 3 is 2.07 bits per heavy atom. The van der Waals surface area contributed by atoms with Gasteiger partial charge >= 0.3 is 0 Å². The Hall–Kier alpha value is -2.69. The van der Waals surface area contributed by atoms with Gasteiger partial charge in [-0.1, -0.05) is 48.5 Å². The summed E-state index contributed by atoms with van der Waals surface area (Å²) in [4.78, 5) is 14.5. The molecule has 0 spiro atoms. The molecule has 1 atom stereocenters. The van der Waals surface area contributed by atoms with Crippen LogP contribution in [0.25, 0.3) is 0 Å². The number of nitrogens with zero attached hydrogens (tertiary/aromatic N) is 3. The average molecular weight is 383 g/mol. The first-order chi connectivity index (χ1) is 13.0. The van der Waals surface area contributed by atoms with Crippen LogP contribution in [-0.4, -0.2) is 49.7 Å². The molecular formula is C20H21N3O3S. The zero-order valence-corrected chi connectivity index (χ0v) is 15.7. The van der Waals surface area contributed by atoms with Gasteiger partial charge in [0.1, 0.15) is 0 Å². The molecule has 0 N–H and O–H groups in total. The number of rotatable bonds is 5. The van der Waals surface area contributed by atoms with E-state index in [1.807, 2.05) is 30.3 Å². The minimum Gasteiger partial charge on any atom is -0.340 e.